The van der Waals surface area contributed by atoms with Crippen LogP contribution in [-0.2, 0) is 6.54 Å². The minimum absolute atomic E-state index is 0.0795. The Bertz CT molecular complexity index is 1550. The normalized spacial score (nSPS) is 13.7. The summed E-state index contributed by atoms with van der Waals surface area (Å²) in [6, 6.07) is 6.90. The Morgan fingerprint density at radius 2 is 1.82 bits per heavy atom. The fourth-order valence-corrected chi connectivity index (χ4v) is 4.18. The molecular formula is C27H23F3N6O3. The Labute approximate surface area is 222 Å². The molecule has 0 radical (unpaired) electrons. The molecule has 1 aromatic heterocycles. The van der Waals surface area contributed by atoms with Gasteiger partial charge in [0.15, 0.2) is 23.1 Å². The molecule has 2 heterocycles. The first-order chi connectivity index (χ1) is 18.7. The molecule has 39 heavy (non-hydrogen) atoms. The van der Waals surface area contributed by atoms with Crippen LogP contribution < -0.4 is 25.0 Å². The van der Waals surface area contributed by atoms with E-state index in [0.29, 0.717) is 22.5 Å². The van der Waals surface area contributed by atoms with E-state index in [1.165, 1.54) is 32.7 Å². The zero-order valence-corrected chi connectivity index (χ0v) is 21.4. The Balaban J connectivity index is 2.00. The number of aliphatic imine (C=N–C) groups is 1. The van der Waals surface area contributed by atoms with E-state index >= 15 is 8.78 Å². The number of anilines is 3. The molecule has 0 spiro atoms. The fourth-order valence-electron chi connectivity index (χ4n) is 4.18. The van der Waals surface area contributed by atoms with Gasteiger partial charge in [0, 0.05) is 42.4 Å². The van der Waals surface area contributed by atoms with Crippen molar-refractivity contribution in [2.45, 2.75) is 13.5 Å². The number of pyridine rings is 1. The van der Waals surface area contributed by atoms with Crippen molar-refractivity contribution in [1.29, 1.82) is 5.26 Å². The van der Waals surface area contributed by atoms with Crippen LogP contribution in [0.4, 0.5) is 35.0 Å². The molecule has 0 aliphatic carbocycles. The van der Waals surface area contributed by atoms with Crippen LogP contribution in [0.15, 0.2) is 47.2 Å². The molecule has 0 fully saturated rings. The summed E-state index contributed by atoms with van der Waals surface area (Å²) in [5.41, 5.74) is 7.00. The summed E-state index contributed by atoms with van der Waals surface area (Å²) in [5.74, 6) is -3.74. The summed E-state index contributed by atoms with van der Waals surface area (Å²) >= 11 is 0. The number of benzene rings is 2. The van der Waals surface area contributed by atoms with Crippen molar-refractivity contribution in [3.05, 3.63) is 76.5 Å². The second kappa shape index (κ2) is 10.7. The van der Waals surface area contributed by atoms with Gasteiger partial charge in [0.05, 0.1) is 43.4 Å². The molecule has 3 aromatic rings. The van der Waals surface area contributed by atoms with Gasteiger partial charge in [-0.2, -0.15) is 5.26 Å². The monoisotopic (exact) mass is 536 g/mol. The smallest absolute Gasteiger partial charge is 0.334 e. The fraction of sp³-hybridized carbons (Fsp3) is 0.185. The maximum atomic E-state index is 15.5. The van der Waals surface area contributed by atoms with E-state index in [-0.39, 0.29) is 35.0 Å². The van der Waals surface area contributed by atoms with Crippen LogP contribution in [-0.4, -0.2) is 38.5 Å². The highest BCUT2D eigenvalue weighted by atomic mass is 19.1. The molecule has 1 aliphatic heterocycles. The molecule has 9 nitrogen and oxygen atoms in total. The van der Waals surface area contributed by atoms with Crippen molar-refractivity contribution in [2.75, 3.05) is 31.1 Å². The highest BCUT2D eigenvalue weighted by Gasteiger charge is 2.38. The summed E-state index contributed by atoms with van der Waals surface area (Å²) in [4.78, 5) is 24.4. The van der Waals surface area contributed by atoms with Crippen LogP contribution in [0.5, 0.6) is 11.5 Å². The molecule has 0 atom stereocenters. The van der Waals surface area contributed by atoms with Crippen LogP contribution in [0.2, 0.25) is 0 Å². The molecule has 2 amide bonds. The average Bonchev–Trinajstić information content (AvgIpc) is 2.92. The first-order valence-corrected chi connectivity index (χ1v) is 11.5. The molecule has 0 unspecified atom stereocenters. The molecule has 0 saturated heterocycles. The molecule has 2 aromatic carbocycles. The Hall–Kier alpha value is -5.05. The topological polar surface area (TPSA) is 117 Å². The van der Waals surface area contributed by atoms with Gasteiger partial charge in [-0.3, -0.25) is 19.8 Å². The summed E-state index contributed by atoms with van der Waals surface area (Å²) in [6.07, 6.45) is 2.94. The van der Waals surface area contributed by atoms with Crippen LogP contribution in [0.1, 0.15) is 23.7 Å². The van der Waals surface area contributed by atoms with E-state index in [9.17, 15) is 14.4 Å². The summed E-state index contributed by atoms with van der Waals surface area (Å²) in [5, 5.41) is 9.38. The maximum absolute atomic E-state index is 15.5. The summed E-state index contributed by atoms with van der Waals surface area (Å²) in [6.45, 7) is 1.38. The van der Waals surface area contributed by atoms with E-state index < -0.39 is 29.2 Å². The minimum atomic E-state index is -1.13. The molecule has 1 aliphatic rings. The van der Waals surface area contributed by atoms with Crippen LogP contribution in [0, 0.1) is 28.8 Å². The van der Waals surface area contributed by atoms with Gasteiger partial charge in [0.25, 0.3) is 0 Å². The SMILES string of the molecule is CN=CC(=C(C)N)c1cc2c(cn1)CN(c1c(F)c(OC)cc(OC)c1F)C(=O)N2c1ccc(F)c(C#N)c1. The molecule has 0 bridgehead atoms. The molecule has 4 rings (SSSR count). The number of ether oxygens (including phenoxy) is 2. The lowest BCUT2D eigenvalue weighted by Gasteiger charge is -2.37. The lowest BCUT2D eigenvalue weighted by atomic mass is 10.0. The predicted octanol–water partition coefficient (Wildman–Crippen LogP) is 5.06. The summed E-state index contributed by atoms with van der Waals surface area (Å²) < 4.78 is 55.1. The van der Waals surface area contributed by atoms with Crippen molar-refractivity contribution in [3.8, 4) is 17.6 Å². The number of amides is 2. The van der Waals surface area contributed by atoms with Gasteiger partial charge in [0.1, 0.15) is 17.6 Å². The van der Waals surface area contributed by atoms with E-state index in [0.717, 1.165) is 28.0 Å². The average molecular weight is 537 g/mol. The number of methoxy groups -OCH3 is 2. The van der Waals surface area contributed by atoms with Crippen molar-refractivity contribution >= 4 is 34.9 Å². The molecule has 0 saturated carbocycles. The number of halogens is 3. The van der Waals surface area contributed by atoms with Gasteiger partial charge in [-0.1, -0.05) is 0 Å². The maximum Gasteiger partial charge on any atom is 0.334 e. The third-order valence-electron chi connectivity index (χ3n) is 6.06. The number of allylic oxidation sites excluding steroid dienone is 2. The van der Waals surface area contributed by atoms with Crippen molar-refractivity contribution < 1.29 is 27.4 Å². The van der Waals surface area contributed by atoms with E-state index in [1.54, 1.807) is 26.1 Å². The van der Waals surface area contributed by atoms with Gasteiger partial charge in [0.2, 0.25) is 0 Å². The predicted molar refractivity (Wildman–Crippen MR) is 140 cm³/mol. The largest absolute Gasteiger partial charge is 0.493 e. The highest BCUT2D eigenvalue weighted by molar-refractivity contribution is 6.13. The van der Waals surface area contributed by atoms with Crippen molar-refractivity contribution in [1.82, 2.24) is 4.98 Å². The number of nitrogens with two attached hydrogens (primary N) is 1. The molecular weight excluding hydrogens is 513 g/mol. The Kier molecular flexibility index (Phi) is 7.44. The number of hydrogen-bond acceptors (Lipinski definition) is 7. The number of nitriles is 1. The van der Waals surface area contributed by atoms with E-state index in [4.69, 9.17) is 15.2 Å². The molecule has 200 valence electrons. The highest BCUT2D eigenvalue weighted by Crippen LogP contribution is 2.43. The number of nitrogens with zero attached hydrogens (tertiary/aromatic N) is 5. The Morgan fingerprint density at radius 1 is 1.15 bits per heavy atom. The number of hydrogen-bond donors (Lipinski definition) is 1. The minimum Gasteiger partial charge on any atom is -0.493 e. The number of urea groups is 1. The van der Waals surface area contributed by atoms with Crippen molar-refractivity contribution in [3.63, 3.8) is 0 Å². The third-order valence-corrected chi connectivity index (χ3v) is 6.06. The van der Waals surface area contributed by atoms with Gasteiger partial charge in [-0.15, -0.1) is 0 Å². The number of fused-ring (bicyclic) bond motifs is 1. The van der Waals surface area contributed by atoms with E-state index in [2.05, 4.69) is 9.98 Å². The second-order valence-electron chi connectivity index (χ2n) is 8.42. The standard InChI is InChI=1S/C27H23F3N6O3/c1-14(32)18(12-33-2)20-8-21-16(11-34-20)13-35(26-24(29)22(38-3)9-23(39-4)25(26)30)27(37)36(21)17-5-6-19(28)15(7-17)10-31/h5-9,11-12H,13,32H2,1-4H3. The lowest BCUT2D eigenvalue weighted by Crippen LogP contribution is -2.46. The van der Waals surface area contributed by atoms with Crippen molar-refractivity contribution in [2.24, 2.45) is 10.7 Å². The molecule has 2 N–H and O–H groups in total. The number of aromatic nitrogens is 1. The van der Waals surface area contributed by atoms with Crippen LogP contribution in [0.25, 0.3) is 5.57 Å². The van der Waals surface area contributed by atoms with Gasteiger partial charge in [-0.05, 0) is 31.2 Å². The third kappa shape index (κ3) is 4.70. The zero-order chi connectivity index (χ0) is 28.4. The number of carbonyl (C=O) groups is 1. The Morgan fingerprint density at radius 3 is 2.38 bits per heavy atom. The van der Waals surface area contributed by atoms with Gasteiger partial charge < -0.3 is 15.2 Å². The van der Waals surface area contributed by atoms with Gasteiger partial charge >= 0.3 is 6.03 Å². The first kappa shape index (κ1) is 27.0. The zero-order valence-electron chi connectivity index (χ0n) is 21.4. The number of rotatable bonds is 6. The lowest BCUT2D eigenvalue weighted by molar-refractivity contribution is 0.251. The summed E-state index contributed by atoms with van der Waals surface area (Å²) in [7, 11) is 3.94. The van der Waals surface area contributed by atoms with Crippen LogP contribution in [0.3, 0.4) is 0 Å². The van der Waals surface area contributed by atoms with Gasteiger partial charge in [-0.25, -0.2) is 18.0 Å². The quantitative estimate of drug-likeness (QED) is 0.441. The first-order valence-electron chi connectivity index (χ1n) is 11.5. The molecule has 12 heteroatoms. The van der Waals surface area contributed by atoms with Crippen LogP contribution >= 0.6 is 0 Å². The van der Waals surface area contributed by atoms with E-state index in [1.807, 2.05) is 0 Å². The number of carbonyl (C=O) groups excluding carboxylic acids is 1. The second-order valence-corrected chi connectivity index (χ2v) is 8.42.